The Morgan fingerprint density at radius 3 is 2.42 bits per heavy atom. The highest BCUT2D eigenvalue weighted by Crippen LogP contribution is 2.21. The number of benzene rings is 1. The van der Waals surface area contributed by atoms with E-state index in [1.807, 2.05) is 23.6 Å². The van der Waals surface area contributed by atoms with Gasteiger partial charge in [0.15, 0.2) is 17.2 Å². The first kappa shape index (κ1) is 26.7. The molecule has 1 aromatic carbocycles. The van der Waals surface area contributed by atoms with Gasteiger partial charge in [-0.05, 0) is 48.1 Å². The van der Waals surface area contributed by atoms with Crippen LogP contribution in [0.4, 0.5) is 0 Å². The Hall–Kier alpha value is -2.53. The number of carbonyl (C=O) groups excluding carboxylic acids is 1. The number of aldehydes is 1. The van der Waals surface area contributed by atoms with Gasteiger partial charge in [0.25, 0.3) is 0 Å². The number of nitrogens with two attached hydrogens (primary N) is 2. The van der Waals surface area contributed by atoms with Gasteiger partial charge in [-0.25, -0.2) is 10.8 Å². The third-order valence-electron chi connectivity index (χ3n) is 4.46. The number of halogens is 2. The first-order chi connectivity index (χ1) is 15.9. The molecule has 0 spiro atoms. The quantitative estimate of drug-likeness (QED) is 0.138. The van der Waals surface area contributed by atoms with Crippen molar-refractivity contribution in [1.29, 1.82) is 0 Å². The number of furan rings is 1. The maximum atomic E-state index is 10.4. The Labute approximate surface area is 208 Å². The molecule has 4 rings (SSSR count). The van der Waals surface area contributed by atoms with Crippen molar-refractivity contribution in [1.82, 2.24) is 20.6 Å². The van der Waals surface area contributed by atoms with Crippen molar-refractivity contribution in [3.63, 3.8) is 0 Å². The number of hydrazine groups is 1. The molecular weight excluding hydrogens is 483 g/mol. The van der Waals surface area contributed by atoms with Gasteiger partial charge in [0.2, 0.25) is 0 Å². The highest BCUT2D eigenvalue weighted by atomic mass is 35.5. The second kappa shape index (κ2) is 14.6. The average Bonchev–Trinajstić information content (AvgIpc) is 3.32. The van der Waals surface area contributed by atoms with Gasteiger partial charge in [0.05, 0.1) is 0 Å². The summed E-state index contributed by atoms with van der Waals surface area (Å²) in [5.74, 6) is 5.56. The van der Waals surface area contributed by atoms with Crippen LogP contribution in [0.5, 0.6) is 0 Å². The molecule has 1 saturated heterocycles. The zero-order valence-corrected chi connectivity index (χ0v) is 20.2. The van der Waals surface area contributed by atoms with Crippen molar-refractivity contribution < 1.29 is 9.21 Å². The number of hydrogen-bond acceptors (Lipinski definition) is 7. The van der Waals surface area contributed by atoms with E-state index < -0.39 is 0 Å². The summed E-state index contributed by atoms with van der Waals surface area (Å²) in [6.07, 6.45) is 2.25. The lowest BCUT2D eigenvalue weighted by atomic mass is 10.2. The van der Waals surface area contributed by atoms with Crippen molar-refractivity contribution >= 4 is 46.8 Å². The lowest BCUT2D eigenvalue weighted by Crippen LogP contribution is -2.42. The smallest absolute Gasteiger partial charge is 0.185 e. The number of aromatic nitrogens is 1. The molecule has 176 valence electrons. The number of nitrogens with zero attached hydrogens (tertiary/aromatic N) is 2. The van der Waals surface area contributed by atoms with E-state index in [1.54, 1.807) is 30.5 Å². The van der Waals surface area contributed by atoms with Crippen LogP contribution in [0.1, 0.15) is 16.1 Å². The molecule has 0 aliphatic carbocycles. The highest BCUT2D eigenvalue weighted by molar-refractivity contribution is 7.80. The van der Waals surface area contributed by atoms with E-state index in [-0.39, 0.29) is 5.11 Å². The summed E-state index contributed by atoms with van der Waals surface area (Å²) < 4.78 is 5.21. The summed E-state index contributed by atoms with van der Waals surface area (Å²) in [6, 6.07) is 14.9. The minimum absolute atomic E-state index is 0.116. The average molecular weight is 509 g/mol. The Kier molecular flexibility index (Phi) is 11.8. The molecule has 33 heavy (non-hydrogen) atoms. The highest BCUT2D eigenvalue weighted by Gasteiger charge is 2.10. The normalized spacial score (nSPS) is 13.1. The van der Waals surface area contributed by atoms with Crippen molar-refractivity contribution in [2.75, 3.05) is 26.2 Å². The summed E-state index contributed by atoms with van der Waals surface area (Å²) in [7, 11) is 0. The molecule has 0 radical (unpaired) electrons. The van der Waals surface area contributed by atoms with Gasteiger partial charge < -0.3 is 20.9 Å². The van der Waals surface area contributed by atoms with Gasteiger partial charge in [-0.2, -0.15) is 0 Å². The van der Waals surface area contributed by atoms with Gasteiger partial charge in [0.1, 0.15) is 10.9 Å². The monoisotopic (exact) mass is 508 g/mol. The van der Waals surface area contributed by atoms with E-state index in [0.717, 1.165) is 43.3 Å². The Bertz CT molecular complexity index is 1010. The molecule has 11 heteroatoms. The lowest BCUT2D eigenvalue weighted by molar-refractivity contribution is 0.110. The van der Waals surface area contributed by atoms with E-state index in [2.05, 4.69) is 39.3 Å². The summed E-state index contributed by atoms with van der Waals surface area (Å²) in [4.78, 5) is 16.7. The van der Waals surface area contributed by atoms with Crippen LogP contribution in [0.2, 0.25) is 10.2 Å². The summed E-state index contributed by atoms with van der Waals surface area (Å²) in [6.45, 7) is 5.38. The van der Waals surface area contributed by atoms with Crippen LogP contribution in [0.25, 0.3) is 11.3 Å². The molecule has 0 unspecified atom stereocenters. The summed E-state index contributed by atoms with van der Waals surface area (Å²) in [5.41, 5.74) is 8.85. The fourth-order valence-electron chi connectivity index (χ4n) is 2.83. The summed E-state index contributed by atoms with van der Waals surface area (Å²) >= 11 is 16.0. The first-order valence-corrected chi connectivity index (χ1v) is 11.2. The van der Waals surface area contributed by atoms with Crippen LogP contribution >= 0.6 is 35.4 Å². The molecule has 1 aliphatic heterocycles. The van der Waals surface area contributed by atoms with Crippen LogP contribution in [0.3, 0.4) is 0 Å². The number of pyridine rings is 1. The molecule has 0 bridgehead atoms. The van der Waals surface area contributed by atoms with Crippen LogP contribution in [-0.4, -0.2) is 47.5 Å². The van der Waals surface area contributed by atoms with Crippen LogP contribution < -0.4 is 22.3 Å². The van der Waals surface area contributed by atoms with Gasteiger partial charge >= 0.3 is 0 Å². The molecular formula is C22H26Cl2N6O2S. The number of piperazine rings is 1. The Morgan fingerprint density at radius 2 is 1.88 bits per heavy atom. The van der Waals surface area contributed by atoms with E-state index >= 15 is 0 Å². The van der Waals surface area contributed by atoms with Crippen molar-refractivity contribution in [2.24, 2.45) is 11.6 Å². The minimum Gasteiger partial charge on any atom is -0.453 e. The second-order valence-electron chi connectivity index (χ2n) is 6.82. The zero-order valence-electron chi connectivity index (χ0n) is 17.8. The minimum atomic E-state index is 0.116. The predicted molar refractivity (Wildman–Crippen MR) is 136 cm³/mol. The Balaban J connectivity index is 0.000000195. The topological polar surface area (TPSA) is 122 Å². The van der Waals surface area contributed by atoms with E-state index in [9.17, 15) is 4.79 Å². The molecule has 2 aromatic heterocycles. The van der Waals surface area contributed by atoms with E-state index in [0.29, 0.717) is 23.0 Å². The van der Waals surface area contributed by atoms with E-state index in [1.165, 1.54) is 5.56 Å². The third kappa shape index (κ3) is 9.87. The van der Waals surface area contributed by atoms with Crippen molar-refractivity contribution in [3.05, 3.63) is 76.2 Å². The zero-order chi connectivity index (χ0) is 24.1. The standard InChI is InChI=1S/C11H15ClN2.C10H6ClNO2.CH5N3S/c12-11-4-2-1-3-10(11)9-14-7-5-13-6-8-14;11-10-4-1-7(5-12-10)9-3-2-8(6-13)14-9;2-1(5)4-3/h1-4,13H,5-9H2;1-6H;3H2,(H3,2,4,5). The van der Waals surface area contributed by atoms with Crippen LogP contribution in [0, 0.1) is 0 Å². The summed E-state index contributed by atoms with van der Waals surface area (Å²) in [5, 5.41) is 4.76. The fourth-order valence-corrected chi connectivity index (χ4v) is 3.14. The molecule has 3 aromatic rings. The van der Waals surface area contributed by atoms with Crippen LogP contribution in [-0.2, 0) is 6.54 Å². The molecule has 0 atom stereocenters. The number of rotatable bonds is 4. The molecule has 1 aliphatic rings. The first-order valence-electron chi connectivity index (χ1n) is 10.0. The largest absolute Gasteiger partial charge is 0.453 e. The molecule has 0 amide bonds. The number of carbonyl (C=O) groups is 1. The SMILES string of the molecule is Clc1ccccc1CN1CCNCC1.NNC(N)=S.O=Cc1ccc(-c2ccc(Cl)nc2)o1. The van der Waals surface area contributed by atoms with Crippen molar-refractivity contribution in [2.45, 2.75) is 6.54 Å². The number of thiocarbonyl (C=S) groups is 1. The van der Waals surface area contributed by atoms with E-state index in [4.69, 9.17) is 33.4 Å². The predicted octanol–water partition coefficient (Wildman–Crippen LogP) is 3.25. The van der Waals surface area contributed by atoms with Gasteiger partial charge in [-0.1, -0.05) is 41.4 Å². The maximum Gasteiger partial charge on any atom is 0.185 e. The van der Waals surface area contributed by atoms with Crippen molar-refractivity contribution in [3.8, 4) is 11.3 Å². The van der Waals surface area contributed by atoms with Gasteiger partial charge in [-0.3, -0.25) is 9.69 Å². The lowest BCUT2D eigenvalue weighted by Gasteiger charge is -2.27. The molecule has 3 heterocycles. The number of nitrogens with one attached hydrogen (secondary N) is 2. The van der Waals surface area contributed by atoms with Crippen LogP contribution in [0.15, 0.2) is 59.1 Å². The maximum absolute atomic E-state index is 10.4. The fraction of sp³-hybridized carbons (Fsp3) is 0.227. The number of hydrogen-bond donors (Lipinski definition) is 4. The molecule has 0 saturated carbocycles. The van der Waals surface area contributed by atoms with Gasteiger partial charge in [0, 0.05) is 49.5 Å². The molecule has 6 N–H and O–H groups in total. The molecule has 1 fully saturated rings. The molecule has 8 nitrogen and oxygen atoms in total. The Morgan fingerprint density at radius 1 is 1.18 bits per heavy atom. The van der Waals surface area contributed by atoms with Gasteiger partial charge in [-0.15, -0.1) is 0 Å². The third-order valence-corrected chi connectivity index (χ3v) is 5.17. The second-order valence-corrected chi connectivity index (χ2v) is 8.05.